The van der Waals surface area contributed by atoms with Crippen LogP contribution in [0.3, 0.4) is 0 Å². The Balaban J connectivity index is 1.29. The van der Waals surface area contributed by atoms with Crippen molar-refractivity contribution in [2.75, 3.05) is 31.5 Å². The average molecular weight is 661 g/mol. The van der Waals surface area contributed by atoms with Gasteiger partial charge in [-0.15, -0.1) is 0 Å². The van der Waals surface area contributed by atoms with Gasteiger partial charge in [-0.2, -0.15) is 0 Å². The molecule has 9 nitrogen and oxygen atoms in total. The van der Waals surface area contributed by atoms with Crippen molar-refractivity contribution in [2.24, 2.45) is 5.41 Å². The number of ether oxygens (including phenoxy) is 4. The first-order chi connectivity index (χ1) is 23.1. The van der Waals surface area contributed by atoms with E-state index in [-0.39, 0.29) is 23.3 Å². The number of fused-ring (bicyclic) bond motifs is 1. The molecule has 2 aliphatic rings. The van der Waals surface area contributed by atoms with Crippen LogP contribution in [0.25, 0.3) is 5.76 Å². The van der Waals surface area contributed by atoms with Crippen LogP contribution in [0.15, 0.2) is 72.8 Å². The summed E-state index contributed by atoms with van der Waals surface area (Å²) in [5, 5.41) is 5.30. The second kappa shape index (κ2) is 15.1. The fraction of sp³-hybridized carbons (Fsp3) is 0.324. The number of carbonyl (C=O) groups excluding carboxylic acids is 3. The number of benzene rings is 3. The molecule has 252 valence electrons. The normalized spacial score (nSPS) is 17.7. The van der Waals surface area contributed by atoms with E-state index >= 15 is 4.39 Å². The lowest BCUT2D eigenvalue weighted by molar-refractivity contribution is -0.140. The Labute approximate surface area is 277 Å². The zero-order valence-electron chi connectivity index (χ0n) is 27.1. The van der Waals surface area contributed by atoms with Gasteiger partial charge in [-0.25, -0.2) is 8.78 Å². The second-order valence-electron chi connectivity index (χ2n) is 11.8. The van der Waals surface area contributed by atoms with Gasteiger partial charge in [0.2, 0.25) is 11.8 Å². The number of halogens is 2. The van der Waals surface area contributed by atoms with Crippen LogP contribution in [0, 0.1) is 17.0 Å². The molecule has 3 aromatic rings. The van der Waals surface area contributed by atoms with Gasteiger partial charge in [-0.3, -0.25) is 14.4 Å². The number of rotatable bonds is 13. The Morgan fingerprint density at radius 1 is 0.875 bits per heavy atom. The molecule has 0 spiro atoms. The molecule has 0 saturated heterocycles. The van der Waals surface area contributed by atoms with E-state index in [4.69, 9.17) is 14.2 Å². The summed E-state index contributed by atoms with van der Waals surface area (Å²) in [7, 11) is 2.90. The van der Waals surface area contributed by atoms with Crippen LogP contribution in [0.1, 0.15) is 62.5 Å². The number of amides is 2. The number of nitrogens with one attached hydrogen (secondary N) is 2. The lowest BCUT2D eigenvalue weighted by Crippen LogP contribution is -2.35. The maximum Gasteiger partial charge on any atom is 0.305 e. The van der Waals surface area contributed by atoms with Gasteiger partial charge in [0, 0.05) is 29.4 Å². The highest BCUT2D eigenvalue weighted by molar-refractivity contribution is 6.16. The molecular weight excluding hydrogens is 622 g/mol. The van der Waals surface area contributed by atoms with Gasteiger partial charge in [0.25, 0.3) is 0 Å². The van der Waals surface area contributed by atoms with Gasteiger partial charge < -0.3 is 29.6 Å². The summed E-state index contributed by atoms with van der Waals surface area (Å²) in [6, 6.07) is 13.0. The van der Waals surface area contributed by atoms with Crippen LogP contribution in [0.5, 0.6) is 17.2 Å². The van der Waals surface area contributed by atoms with Crippen molar-refractivity contribution in [1.29, 1.82) is 0 Å². The van der Waals surface area contributed by atoms with Crippen molar-refractivity contribution in [3.63, 3.8) is 0 Å². The highest BCUT2D eigenvalue weighted by atomic mass is 19.1. The number of carbonyl (C=O) groups is 3. The maximum atomic E-state index is 15.5. The third kappa shape index (κ3) is 8.02. The Hall–Kier alpha value is -5.19. The quantitative estimate of drug-likeness (QED) is 0.111. The first kappa shape index (κ1) is 34.2. The number of allylic oxidation sites excluding steroid dienone is 3. The van der Waals surface area contributed by atoms with E-state index in [1.54, 1.807) is 12.1 Å². The van der Waals surface area contributed by atoms with Crippen LogP contribution in [0.2, 0.25) is 0 Å². The zero-order chi connectivity index (χ0) is 34.3. The summed E-state index contributed by atoms with van der Waals surface area (Å²) < 4.78 is 51.2. The van der Waals surface area contributed by atoms with Crippen LogP contribution < -0.4 is 24.8 Å². The fourth-order valence-corrected chi connectivity index (χ4v) is 5.37. The molecule has 11 heteroatoms. The van der Waals surface area contributed by atoms with E-state index in [0.717, 1.165) is 18.1 Å². The van der Waals surface area contributed by atoms with Gasteiger partial charge >= 0.3 is 5.97 Å². The van der Waals surface area contributed by atoms with E-state index in [2.05, 4.69) is 22.3 Å². The Morgan fingerprint density at radius 3 is 2.25 bits per heavy atom. The van der Waals surface area contributed by atoms with Gasteiger partial charge in [0.15, 0.2) is 23.1 Å². The van der Waals surface area contributed by atoms with E-state index in [0.29, 0.717) is 67.2 Å². The molecule has 1 unspecified atom stereocenters. The smallest absolute Gasteiger partial charge is 0.305 e. The minimum Gasteiger partial charge on any atom is -0.493 e. The van der Waals surface area contributed by atoms with Crippen molar-refractivity contribution in [3.05, 3.63) is 95.6 Å². The molecule has 0 aromatic heterocycles. The van der Waals surface area contributed by atoms with E-state index in [9.17, 15) is 18.8 Å². The van der Waals surface area contributed by atoms with Gasteiger partial charge in [0.1, 0.15) is 17.0 Å². The van der Waals surface area contributed by atoms with Gasteiger partial charge in [-0.1, -0.05) is 19.1 Å². The summed E-state index contributed by atoms with van der Waals surface area (Å²) in [5.74, 6) is -1.05. The maximum absolute atomic E-state index is 15.5. The molecule has 2 aliphatic carbocycles. The first-order valence-electron chi connectivity index (χ1n) is 15.8. The summed E-state index contributed by atoms with van der Waals surface area (Å²) >= 11 is 0. The largest absolute Gasteiger partial charge is 0.493 e. The Kier molecular flexibility index (Phi) is 10.8. The van der Waals surface area contributed by atoms with Crippen LogP contribution in [-0.2, 0) is 19.1 Å². The van der Waals surface area contributed by atoms with Gasteiger partial charge in [0.05, 0.1) is 20.8 Å². The predicted octanol–water partition coefficient (Wildman–Crippen LogP) is 7.54. The van der Waals surface area contributed by atoms with Crippen molar-refractivity contribution >= 4 is 34.9 Å². The molecule has 5 rings (SSSR count). The van der Waals surface area contributed by atoms with E-state index < -0.39 is 28.9 Å². The van der Waals surface area contributed by atoms with E-state index in [1.165, 1.54) is 50.6 Å². The van der Waals surface area contributed by atoms with E-state index in [1.807, 2.05) is 18.2 Å². The molecule has 1 fully saturated rings. The molecule has 3 aromatic carbocycles. The lowest BCUT2D eigenvalue weighted by Gasteiger charge is -2.22. The lowest BCUT2D eigenvalue weighted by atomic mass is 9.90. The van der Waals surface area contributed by atoms with Crippen LogP contribution >= 0.6 is 0 Å². The standard InChI is InChI=1S/C37H38F2N2O7/c1-23-8-4-5-9-30(28-22-32(45-2)33(21-27(23)28)47-19-7-6-10-34(42)46-3)48-31-16-15-26(20-29(31)39)41-36(44)37(17-18-37)35(43)40-25-13-11-24(38)12-14-25/h4-5,9,11-16,20-23H,6-8,10,17-19H2,1-3H3,(H,40,43)(H,41,44)/b5-4+,30-9+. The highest BCUT2D eigenvalue weighted by Gasteiger charge is 2.56. The van der Waals surface area contributed by atoms with Crippen molar-refractivity contribution < 1.29 is 42.1 Å². The van der Waals surface area contributed by atoms with Gasteiger partial charge in [-0.05, 0) is 98.2 Å². The monoisotopic (exact) mass is 660 g/mol. The molecular formula is C37H38F2N2O7. The highest BCUT2D eigenvalue weighted by Crippen LogP contribution is 2.48. The summed E-state index contributed by atoms with van der Waals surface area (Å²) in [5.41, 5.74) is 0.883. The molecule has 0 heterocycles. The molecule has 0 radical (unpaired) electrons. The number of unbranched alkanes of at least 4 members (excludes halogenated alkanes) is 1. The molecule has 0 aliphatic heterocycles. The number of hydrogen-bond donors (Lipinski definition) is 2. The molecule has 1 atom stereocenters. The summed E-state index contributed by atoms with van der Waals surface area (Å²) in [6.45, 7) is 2.46. The summed E-state index contributed by atoms with van der Waals surface area (Å²) in [6.07, 6.45) is 8.63. The molecule has 48 heavy (non-hydrogen) atoms. The number of anilines is 2. The zero-order valence-corrected chi connectivity index (χ0v) is 27.1. The topological polar surface area (TPSA) is 112 Å². The molecule has 2 amide bonds. The van der Waals surface area contributed by atoms with Crippen LogP contribution in [-0.4, -0.2) is 38.6 Å². The number of esters is 1. The number of methoxy groups -OCH3 is 2. The second-order valence-corrected chi connectivity index (χ2v) is 11.8. The van der Waals surface area contributed by atoms with Crippen molar-refractivity contribution in [1.82, 2.24) is 0 Å². The third-order valence-corrected chi connectivity index (χ3v) is 8.40. The average Bonchev–Trinajstić information content (AvgIpc) is 3.89. The van der Waals surface area contributed by atoms with Crippen molar-refractivity contribution in [2.45, 2.75) is 51.4 Å². The molecule has 2 N–H and O–H groups in total. The molecule has 1 saturated carbocycles. The fourth-order valence-electron chi connectivity index (χ4n) is 5.37. The minimum absolute atomic E-state index is 0.0630. The van der Waals surface area contributed by atoms with Crippen LogP contribution in [0.4, 0.5) is 20.2 Å². The third-order valence-electron chi connectivity index (χ3n) is 8.40. The summed E-state index contributed by atoms with van der Waals surface area (Å²) in [4.78, 5) is 37.4. The Morgan fingerprint density at radius 2 is 1.58 bits per heavy atom. The first-order valence-corrected chi connectivity index (χ1v) is 15.8. The molecule has 0 bridgehead atoms. The Bertz CT molecular complexity index is 1730. The minimum atomic E-state index is -1.29. The van der Waals surface area contributed by atoms with Crippen molar-refractivity contribution in [3.8, 4) is 17.2 Å². The number of hydrogen-bond acceptors (Lipinski definition) is 7. The predicted molar refractivity (Wildman–Crippen MR) is 177 cm³/mol. The SMILES string of the molecule is COC(=O)CCCCOc1cc2c(cc1OC)/C(Oc1ccc(NC(=O)C3(C(=O)Nc4ccc(F)cc4)CC3)cc1F)=C\C=C\CC2C.